The van der Waals surface area contributed by atoms with Crippen molar-refractivity contribution in [2.24, 2.45) is 0 Å². The third kappa shape index (κ3) is 2.46. The van der Waals surface area contributed by atoms with Crippen molar-refractivity contribution < 1.29 is 0 Å². The number of imidazole rings is 1. The minimum atomic E-state index is 0.0347. The summed E-state index contributed by atoms with van der Waals surface area (Å²) < 4.78 is 2.86. The summed E-state index contributed by atoms with van der Waals surface area (Å²) in [6.07, 6.45) is 0. The van der Waals surface area contributed by atoms with E-state index in [9.17, 15) is 0 Å². The van der Waals surface area contributed by atoms with E-state index in [4.69, 9.17) is 23.8 Å². The number of aromatic amines is 1. The highest BCUT2D eigenvalue weighted by molar-refractivity contribution is 7.71. The van der Waals surface area contributed by atoms with Crippen LogP contribution < -0.4 is 0 Å². The maximum Gasteiger partial charge on any atom is 0.178 e. The van der Waals surface area contributed by atoms with Crippen LogP contribution in [0.25, 0.3) is 11.0 Å². The molecule has 0 unspecified atom stereocenters. The van der Waals surface area contributed by atoms with E-state index in [1.54, 1.807) is 0 Å². The summed E-state index contributed by atoms with van der Waals surface area (Å²) in [5.74, 6) is 0. The van der Waals surface area contributed by atoms with Crippen molar-refractivity contribution in [2.45, 2.75) is 25.9 Å². The van der Waals surface area contributed by atoms with Crippen LogP contribution in [0, 0.1) is 4.77 Å². The molecule has 0 aliphatic carbocycles. The fourth-order valence-corrected chi connectivity index (χ4v) is 2.27. The molecule has 0 spiro atoms. The topological polar surface area (TPSA) is 24.0 Å². The van der Waals surface area contributed by atoms with E-state index in [-0.39, 0.29) is 5.54 Å². The van der Waals surface area contributed by atoms with E-state index in [0.29, 0.717) is 0 Å². The summed E-state index contributed by atoms with van der Waals surface area (Å²) in [6.45, 7) is 5.23. The van der Waals surface area contributed by atoms with Crippen molar-refractivity contribution in [1.29, 1.82) is 0 Å². The quantitative estimate of drug-likeness (QED) is 0.869. The Balaban J connectivity index is 2.52. The average Bonchev–Trinajstić information content (AvgIpc) is 2.54. The Labute approximate surface area is 117 Å². The van der Waals surface area contributed by atoms with Crippen molar-refractivity contribution >= 4 is 34.9 Å². The number of likely N-dealkylation sites (N-methyl/N-ethyl adjacent to an activating group) is 1. The van der Waals surface area contributed by atoms with Gasteiger partial charge in [-0.3, -0.25) is 0 Å². The molecule has 1 heterocycles. The van der Waals surface area contributed by atoms with Crippen LogP contribution in [0.5, 0.6) is 0 Å². The van der Waals surface area contributed by atoms with E-state index >= 15 is 0 Å². The molecule has 0 aliphatic heterocycles. The molecule has 18 heavy (non-hydrogen) atoms. The van der Waals surface area contributed by atoms with Gasteiger partial charge in [-0.15, -0.1) is 0 Å². The van der Waals surface area contributed by atoms with Crippen molar-refractivity contribution in [3.63, 3.8) is 0 Å². The Kier molecular flexibility index (Phi) is 3.54. The van der Waals surface area contributed by atoms with E-state index in [1.807, 2.05) is 18.2 Å². The zero-order valence-electron chi connectivity index (χ0n) is 11.1. The molecule has 1 N–H and O–H groups in total. The van der Waals surface area contributed by atoms with Gasteiger partial charge in [-0.05, 0) is 58.4 Å². The molecular formula is C13H18ClN3S. The number of benzene rings is 1. The van der Waals surface area contributed by atoms with Gasteiger partial charge in [0.15, 0.2) is 4.77 Å². The number of halogens is 1. The van der Waals surface area contributed by atoms with Gasteiger partial charge in [0.05, 0.1) is 11.0 Å². The molecule has 0 aliphatic rings. The Bertz CT molecular complexity index is 625. The third-order valence-electron chi connectivity index (χ3n) is 3.49. The number of hydrogen-bond donors (Lipinski definition) is 1. The number of rotatable bonds is 3. The Hall–Kier alpha value is -0.840. The molecule has 2 aromatic rings. The number of fused-ring (bicyclic) bond motifs is 1. The van der Waals surface area contributed by atoms with Crippen LogP contribution in [0.4, 0.5) is 0 Å². The number of H-pyrrole nitrogens is 1. The second-order valence-electron chi connectivity index (χ2n) is 5.38. The monoisotopic (exact) mass is 283 g/mol. The van der Waals surface area contributed by atoms with Crippen molar-refractivity contribution in [3.8, 4) is 0 Å². The maximum atomic E-state index is 5.99. The Morgan fingerprint density at radius 2 is 2.06 bits per heavy atom. The zero-order valence-corrected chi connectivity index (χ0v) is 12.7. The third-order valence-corrected chi connectivity index (χ3v) is 4.05. The predicted octanol–water partition coefficient (Wildman–Crippen LogP) is 3.69. The standard InChI is InChI=1S/C13H18ClN3S/c1-13(2,16(3)4)8-17-11-6-5-9(14)7-10(11)15-12(17)18/h5-7H,8H2,1-4H3,(H,15,18). The van der Waals surface area contributed by atoms with Gasteiger partial charge >= 0.3 is 0 Å². The van der Waals surface area contributed by atoms with Crippen LogP contribution in [-0.2, 0) is 6.54 Å². The average molecular weight is 284 g/mol. The summed E-state index contributed by atoms with van der Waals surface area (Å²) in [7, 11) is 4.16. The minimum absolute atomic E-state index is 0.0347. The van der Waals surface area contributed by atoms with Gasteiger partial charge in [-0.2, -0.15) is 0 Å². The molecule has 0 fully saturated rings. The SMILES string of the molecule is CN(C)C(C)(C)Cn1c(=S)[nH]c2cc(Cl)ccc21. The zero-order chi connectivity index (χ0) is 13.5. The first-order valence-electron chi connectivity index (χ1n) is 5.87. The van der Waals surface area contributed by atoms with Crippen molar-refractivity contribution in [3.05, 3.63) is 28.0 Å². The number of aromatic nitrogens is 2. The van der Waals surface area contributed by atoms with Gasteiger partial charge < -0.3 is 14.5 Å². The van der Waals surface area contributed by atoms with Gasteiger partial charge in [0, 0.05) is 17.1 Å². The fraction of sp³-hybridized carbons (Fsp3) is 0.462. The molecule has 0 bridgehead atoms. The summed E-state index contributed by atoms with van der Waals surface area (Å²) in [6, 6.07) is 5.81. The molecule has 0 amide bonds. The number of hydrogen-bond acceptors (Lipinski definition) is 2. The van der Waals surface area contributed by atoms with E-state index < -0.39 is 0 Å². The summed E-state index contributed by atoms with van der Waals surface area (Å²) in [5, 5.41) is 0.720. The van der Waals surface area contributed by atoms with Crippen LogP contribution >= 0.6 is 23.8 Å². The van der Waals surface area contributed by atoms with E-state index in [0.717, 1.165) is 27.4 Å². The van der Waals surface area contributed by atoms with Gasteiger partial charge in [-0.25, -0.2) is 0 Å². The highest BCUT2D eigenvalue weighted by atomic mass is 35.5. The molecule has 3 nitrogen and oxygen atoms in total. The molecule has 0 saturated carbocycles. The number of nitrogens with zero attached hydrogens (tertiary/aromatic N) is 2. The van der Waals surface area contributed by atoms with E-state index in [2.05, 4.69) is 42.4 Å². The summed E-state index contributed by atoms with van der Waals surface area (Å²) in [5.41, 5.74) is 2.12. The molecular weight excluding hydrogens is 266 g/mol. The smallest absolute Gasteiger partial charge is 0.178 e. The largest absolute Gasteiger partial charge is 0.331 e. The fourth-order valence-electron chi connectivity index (χ4n) is 1.82. The van der Waals surface area contributed by atoms with Gasteiger partial charge in [-0.1, -0.05) is 11.6 Å². The van der Waals surface area contributed by atoms with Crippen LogP contribution in [0.15, 0.2) is 18.2 Å². The Morgan fingerprint density at radius 3 is 2.67 bits per heavy atom. The second-order valence-corrected chi connectivity index (χ2v) is 6.21. The molecule has 98 valence electrons. The Morgan fingerprint density at radius 1 is 1.39 bits per heavy atom. The summed E-state index contributed by atoms with van der Waals surface area (Å²) in [4.78, 5) is 5.40. The molecule has 5 heteroatoms. The van der Waals surface area contributed by atoms with Crippen LogP contribution in [0.1, 0.15) is 13.8 Å². The van der Waals surface area contributed by atoms with Crippen LogP contribution in [-0.4, -0.2) is 34.1 Å². The lowest BCUT2D eigenvalue weighted by molar-refractivity contribution is 0.170. The first-order chi connectivity index (χ1) is 8.31. The van der Waals surface area contributed by atoms with Gasteiger partial charge in [0.2, 0.25) is 0 Å². The first kappa shape index (κ1) is 13.6. The first-order valence-corrected chi connectivity index (χ1v) is 6.65. The molecule has 0 radical (unpaired) electrons. The number of nitrogens with one attached hydrogen (secondary N) is 1. The molecule has 2 rings (SSSR count). The van der Waals surface area contributed by atoms with Crippen LogP contribution in [0.2, 0.25) is 5.02 Å². The van der Waals surface area contributed by atoms with Crippen LogP contribution in [0.3, 0.4) is 0 Å². The summed E-state index contributed by atoms with van der Waals surface area (Å²) >= 11 is 11.4. The molecule has 0 atom stereocenters. The lowest BCUT2D eigenvalue weighted by atomic mass is 10.0. The predicted molar refractivity (Wildman–Crippen MR) is 79.9 cm³/mol. The molecule has 1 aromatic heterocycles. The maximum absolute atomic E-state index is 5.99. The second kappa shape index (κ2) is 4.68. The highest BCUT2D eigenvalue weighted by Crippen LogP contribution is 2.22. The van der Waals surface area contributed by atoms with Crippen molar-refractivity contribution in [1.82, 2.24) is 14.5 Å². The molecule has 0 saturated heterocycles. The van der Waals surface area contributed by atoms with Gasteiger partial charge in [0.25, 0.3) is 0 Å². The molecule has 1 aromatic carbocycles. The lowest BCUT2D eigenvalue weighted by Gasteiger charge is -2.33. The normalized spacial score (nSPS) is 12.6. The van der Waals surface area contributed by atoms with E-state index in [1.165, 1.54) is 0 Å². The van der Waals surface area contributed by atoms with Gasteiger partial charge in [0.1, 0.15) is 0 Å². The lowest BCUT2D eigenvalue weighted by Crippen LogP contribution is -2.42. The minimum Gasteiger partial charge on any atom is -0.331 e. The van der Waals surface area contributed by atoms with Crippen molar-refractivity contribution in [2.75, 3.05) is 14.1 Å². The highest BCUT2D eigenvalue weighted by Gasteiger charge is 2.22.